The van der Waals surface area contributed by atoms with E-state index in [9.17, 15) is 15.4 Å². The number of rotatable bonds is 3. The minimum absolute atomic E-state index is 0.0502. The van der Waals surface area contributed by atoms with E-state index in [1.165, 1.54) is 12.1 Å². The maximum absolute atomic E-state index is 10.9. The second kappa shape index (κ2) is 6.20. The number of benzene rings is 2. The van der Waals surface area contributed by atoms with Crippen LogP contribution in [0.25, 0.3) is 11.6 Å². The molecule has 0 unspecified atom stereocenters. The number of non-ortho nitro benzene ring substituents is 1. The van der Waals surface area contributed by atoms with Crippen molar-refractivity contribution in [2.45, 2.75) is 0 Å². The molecule has 2 aromatic rings. The molecular formula is C17H12N2O4. The van der Waals surface area contributed by atoms with Crippen LogP contribution in [0.5, 0.6) is 11.5 Å². The van der Waals surface area contributed by atoms with Crippen LogP contribution >= 0.6 is 0 Å². The van der Waals surface area contributed by atoms with Crippen molar-refractivity contribution in [2.75, 3.05) is 13.2 Å². The molecule has 114 valence electrons. The van der Waals surface area contributed by atoms with Crippen LogP contribution in [0.15, 0.2) is 42.5 Å². The van der Waals surface area contributed by atoms with Crippen LogP contribution in [0.4, 0.5) is 5.69 Å². The van der Waals surface area contributed by atoms with Crippen LogP contribution in [-0.2, 0) is 0 Å². The van der Waals surface area contributed by atoms with Gasteiger partial charge in [-0.25, -0.2) is 0 Å². The SMILES string of the molecule is N#CC(=Cc1ccc2c(c1)OCCO2)c1cccc([N+](=O)[O-])c1. The molecule has 1 heterocycles. The highest BCUT2D eigenvalue weighted by molar-refractivity contribution is 5.90. The number of nitro benzene ring substituents is 1. The predicted octanol–water partition coefficient (Wildman–Crippen LogP) is 3.43. The Balaban J connectivity index is 1.97. The van der Waals surface area contributed by atoms with Crippen molar-refractivity contribution >= 4 is 17.3 Å². The Kier molecular flexibility index (Phi) is 3.93. The maximum atomic E-state index is 10.9. The molecule has 0 bridgehead atoms. The third-order valence-electron chi connectivity index (χ3n) is 3.37. The fourth-order valence-corrected chi connectivity index (χ4v) is 2.28. The summed E-state index contributed by atoms with van der Waals surface area (Å²) in [7, 11) is 0. The maximum Gasteiger partial charge on any atom is 0.270 e. The van der Waals surface area contributed by atoms with Crippen LogP contribution < -0.4 is 9.47 Å². The van der Waals surface area contributed by atoms with E-state index in [0.717, 1.165) is 5.56 Å². The molecule has 0 radical (unpaired) electrons. The highest BCUT2D eigenvalue weighted by Crippen LogP contribution is 2.32. The number of fused-ring (bicyclic) bond motifs is 1. The summed E-state index contributed by atoms with van der Waals surface area (Å²) in [6.45, 7) is 0.996. The largest absolute Gasteiger partial charge is 0.486 e. The smallest absolute Gasteiger partial charge is 0.270 e. The molecule has 0 amide bonds. The predicted molar refractivity (Wildman–Crippen MR) is 84.0 cm³/mol. The van der Waals surface area contributed by atoms with Gasteiger partial charge in [-0.1, -0.05) is 18.2 Å². The molecule has 0 spiro atoms. The van der Waals surface area contributed by atoms with Crippen LogP contribution in [0, 0.1) is 21.4 Å². The summed E-state index contributed by atoms with van der Waals surface area (Å²) in [4.78, 5) is 10.4. The second-order valence-corrected chi connectivity index (χ2v) is 4.88. The van der Waals surface area contributed by atoms with Gasteiger partial charge in [0.15, 0.2) is 11.5 Å². The number of hydrogen-bond acceptors (Lipinski definition) is 5. The lowest BCUT2D eigenvalue weighted by Gasteiger charge is -2.18. The Hall–Kier alpha value is -3.33. The standard InChI is InChI=1S/C17H12N2O4/c18-11-14(13-2-1-3-15(10-13)19(20)21)8-12-4-5-16-17(9-12)23-7-6-22-16/h1-5,8-10H,6-7H2. The lowest BCUT2D eigenvalue weighted by Crippen LogP contribution is -2.15. The zero-order valence-electron chi connectivity index (χ0n) is 12.1. The van der Waals surface area contributed by atoms with E-state index in [0.29, 0.717) is 35.8 Å². The summed E-state index contributed by atoms with van der Waals surface area (Å²) in [5.74, 6) is 1.29. The monoisotopic (exact) mass is 308 g/mol. The van der Waals surface area contributed by atoms with Crippen molar-refractivity contribution in [2.24, 2.45) is 0 Å². The lowest BCUT2D eigenvalue weighted by molar-refractivity contribution is -0.384. The zero-order valence-corrected chi connectivity index (χ0v) is 12.1. The summed E-state index contributed by atoms with van der Waals surface area (Å²) in [6, 6.07) is 13.4. The molecule has 2 aromatic carbocycles. The molecule has 0 fully saturated rings. The van der Waals surface area contributed by atoms with Gasteiger partial charge in [-0.15, -0.1) is 0 Å². The Bertz CT molecular complexity index is 837. The van der Waals surface area contributed by atoms with E-state index < -0.39 is 4.92 Å². The molecule has 1 aliphatic heterocycles. The number of nitriles is 1. The average molecular weight is 308 g/mol. The molecule has 0 saturated carbocycles. The highest BCUT2D eigenvalue weighted by Gasteiger charge is 2.12. The summed E-state index contributed by atoms with van der Waals surface area (Å²) < 4.78 is 11.0. The fraction of sp³-hybridized carbons (Fsp3) is 0.118. The van der Waals surface area contributed by atoms with Gasteiger partial charge in [-0.3, -0.25) is 10.1 Å². The van der Waals surface area contributed by atoms with Crippen LogP contribution in [0.3, 0.4) is 0 Å². The van der Waals surface area contributed by atoms with Gasteiger partial charge in [0.25, 0.3) is 5.69 Å². The summed E-state index contributed by atoms with van der Waals surface area (Å²) >= 11 is 0. The number of ether oxygens (including phenoxy) is 2. The van der Waals surface area contributed by atoms with E-state index in [1.54, 1.807) is 30.3 Å². The van der Waals surface area contributed by atoms with Crippen molar-refractivity contribution in [3.05, 3.63) is 63.7 Å². The minimum Gasteiger partial charge on any atom is -0.486 e. The molecule has 0 aliphatic carbocycles. The number of nitrogens with zero attached hydrogens (tertiary/aromatic N) is 2. The van der Waals surface area contributed by atoms with Gasteiger partial charge in [0, 0.05) is 12.1 Å². The van der Waals surface area contributed by atoms with E-state index in [1.807, 2.05) is 6.07 Å². The zero-order chi connectivity index (χ0) is 16.2. The summed E-state index contributed by atoms with van der Waals surface area (Å²) in [5, 5.41) is 20.2. The van der Waals surface area contributed by atoms with E-state index in [4.69, 9.17) is 9.47 Å². The summed E-state index contributed by atoms with van der Waals surface area (Å²) in [6.07, 6.45) is 1.66. The topological polar surface area (TPSA) is 85.4 Å². The molecule has 1 aliphatic rings. The Morgan fingerprint density at radius 1 is 1.17 bits per heavy atom. The van der Waals surface area contributed by atoms with Crippen molar-refractivity contribution in [1.29, 1.82) is 5.26 Å². The molecule has 0 saturated heterocycles. The first-order valence-electron chi connectivity index (χ1n) is 6.93. The number of allylic oxidation sites excluding steroid dienone is 1. The van der Waals surface area contributed by atoms with Gasteiger partial charge >= 0.3 is 0 Å². The molecule has 0 atom stereocenters. The van der Waals surface area contributed by atoms with Crippen LogP contribution in [-0.4, -0.2) is 18.1 Å². The highest BCUT2D eigenvalue weighted by atomic mass is 16.6. The lowest BCUT2D eigenvalue weighted by atomic mass is 10.0. The minimum atomic E-state index is -0.484. The third-order valence-corrected chi connectivity index (χ3v) is 3.37. The van der Waals surface area contributed by atoms with E-state index >= 15 is 0 Å². The van der Waals surface area contributed by atoms with E-state index in [2.05, 4.69) is 6.07 Å². The van der Waals surface area contributed by atoms with Gasteiger partial charge in [-0.2, -0.15) is 5.26 Å². The Labute approximate surface area is 132 Å². The molecule has 0 N–H and O–H groups in total. The van der Waals surface area contributed by atoms with Gasteiger partial charge in [-0.05, 0) is 29.3 Å². The number of hydrogen-bond donors (Lipinski definition) is 0. The van der Waals surface area contributed by atoms with Crippen LogP contribution in [0.2, 0.25) is 0 Å². The quantitative estimate of drug-likeness (QED) is 0.375. The van der Waals surface area contributed by atoms with Crippen molar-refractivity contribution in [3.63, 3.8) is 0 Å². The van der Waals surface area contributed by atoms with Crippen molar-refractivity contribution in [1.82, 2.24) is 0 Å². The first-order valence-corrected chi connectivity index (χ1v) is 6.93. The fourth-order valence-electron chi connectivity index (χ4n) is 2.28. The van der Waals surface area contributed by atoms with Gasteiger partial charge in [0.1, 0.15) is 13.2 Å². The molecular weight excluding hydrogens is 296 g/mol. The summed E-state index contributed by atoms with van der Waals surface area (Å²) in [5.41, 5.74) is 1.55. The normalized spacial score (nSPS) is 13.3. The average Bonchev–Trinajstić information content (AvgIpc) is 2.59. The first kappa shape index (κ1) is 14.6. The molecule has 23 heavy (non-hydrogen) atoms. The molecule has 0 aromatic heterocycles. The van der Waals surface area contributed by atoms with Gasteiger partial charge < -0.3 is 9.47 Å². The van der Waals surface area contributed by atoms with Crippen molar-refractivity contribution in [3.8, 4) is 17.6 Å². The molecule has 6 heteroatoms. The first-order chi connectivity index (χ1) is 11.2. The van der Waals surface area contributed by atoms with Crippen LogP contribution in [0.1, 0.15) is 11.1 Å². The van der Waals surface area contributed by atoms with Crippen molar-refractivity contribution < 1.29 is 14.4 Å². The third kappa shape index (κ3) is 3.14. The second-order valence-electron chi connectivity index (χ2n) is 4.88. The Morgan fingerprint density at radius 2 is 1.96 bits per heavy atom. The molecule has 3 rings (SSSR count). The van der Waals surface area contributed by atoms with E-state index in [-0.39, 0.29) is 5.69 Å². The molecule has 6 nitrogen and oxygen atoms in total. The van der Waals surface area contributed by atoms with Gasteiger partial charge in [0.05, 0.1) is 16.6 Å². The number of nitro groups is 1. The Morgan fingerprint density at radius 3 is 2.70 bits per heavy atom. The van der Waals surface area contributed by atoms with Gasteiger partial charge in [0.2, 0.25) is 0 Å².